The molecule has 0 saturated carbocycles. The van der Waals surface area contributed by atoms with Gasteiger partial charge in [-0.2, -0.15) is 0 Å². The van der Waals surface area contributed by atoms with Crippen LogP contribution in [0.1, 0.15) is 35.3 Å². The molecule has 1 unspecified atom stereocenters. The van der Waals surface area contributed by atoms with E-state index < -0.39 is 6.10 Å². The fourth-order valence-corrected chi connectivity index (χ4v) is 2.36. The standard InChI is InChI=1S/C20H24N2O3/c1-5-21-20(24)16-8-6-7-9-17(16)22-19(23)15(4)25-18-12-13(2)10-11-14(18)3/h6-12,15H,5H2,1-4H3,(H,21,24)(H,22,23). The molecule has 2 aromatic carbocycles. The monoisotopic (exact) mass is 340 g/mol. The molecule has 2 rings (SSSR count). The Morgan fingerprint density at radius 1 is 1.12 bits per heavy atom. The first kappa shape index (κ1) is 18.5. The van der Waals surface area contributed by atoms with Gasteiger partial charge < -0.3 is 15.4 Å². The molecule has 2 aromatic rings. The van der Waals surface area contributed by atoms with Crippen molar-refractivity contribution < 1.29 is 14.3 Å². The number of para-hydroxylation sites is 1. The molecule has 0 fully saturated rings. The second kappa shape index (κ2) is 8.33. The number of ether oxygens (including phenoxy) is 1. The smallest absolute Gasteiger partial charge is 0.265 e. The molecular formula is C20H24N2O3. The lowest BCUT2D eigenvalue weighted by atomic mass is 10.1. The third-order valence-electron chi connectivity index (χ3n) is 3.78. The molecule has 25 heavy (non-hydrogen) atoms. The molecule has 2 N–H and O–H groups in total. The van der Waals surface area contributed by atoms with Crippen LogP contribution in [0, 0.1) is 13.8 Å². The number of rotatable bonds is 6. The maximum atomic E-state index is 12.5. The van der Waals surface area contributed by atoms with E-state index >= 15 is 0 Å². The van der Waals surface area contributed by atoms with Crippen molar-refractivity contribution in [3.8, 4) is 5.75 Å². The number of carbonyl (C=O) groups excluding carboxylic acids is 2. The van der Waals surface area contributed by atoms with E-state index in [-0.39, 0.29) is 11.8 Å². The van der Waals surface area contributed by atoms with Crippen LogP contribution in [0.4, 0.5) is 5.69 Å². The molecule has 2 amide bonds. The predicted octanol–water partition coefficient (Wildman–Crippen LogP) is 3.46. The summed E-state index contributed by atoms with van der Waals surface area (Å²) >= 11 is 0. The highest BCUT2D eigenvalue weighted by Gasteiger charge is 2.18. The Morgan fingerprint density at radius 2 is 1.84 bits per heavy atom. The van der Waals surface area contributed by atoms with Crippen LogP contribution in [0.2, 0.25) is 0 Å². The van der Waals surface area contributed by atoms with Crippen LogP contribution >= 0.6 is 0 Å². The first-order chi connectivity index (χ1) is 11.9. The summed E-state index contributed by atoms with van der Waals surface area (Å²) < 4.78 is 5.80. The minimum absolute atomic E-state index is 0.221. The normalized spacial score (nSPS) is 11.5. The molecule has 0 radical (unpaired) electrons. The van der Waals surface area contributed by atoms with Gasteiger partial charge in [0.05, 0.1) is 11.3 Å². The SMILES string of the molecule is CCNC(=O)c1ccccc1NC(=O)C(C)Oc1cc(C)ccc1C. The van der Waals surface area contributed by atoms with Crippen LogP contribution in [0.3, 0.4) is 0 Å². The summed E-state index contributed by atoms with van der Waals surface area (Å²) in [5.41, 5.74) is 2.93. The van der Waals surface area contributed by atoms with E-state index in [9.17, 15) is 9.59 Å². The number of amides is 2. The topological polar surface area (TPSA) is 67.4 Å². The minimum atomic E-state index is -0.692. The van der Waals surface area contributed by atoms with Gasteiger partial charge in [-0.3, -0.25) is 9.59 Å². The zero-order valence-electron chi connectivity index (χ0n) is 15.1. The second-order valence-corrected chi connectivity index (χ2v) is 5.92. The first-order valence-electron chi connectivity index (χ1n) is 8.34. The predicted molar refractivity (Wildman–Crippen MR) is 99.1 cm³/mol. The van der Waals surface area contributed by atoms with Crippen LogP contribution in [0.5, 0.6) is 5.75 Å². The highest BCUT2D eigenvalue weighted by Crippen LogP contribution is 2.21. The van der Waals surface area contributed by atoms with Crippen LogP contribution in [-0.2, 0) is 4.79 Å². The zero-order valence-corrected chi connectivity index (χ0v) is 15.1. The quantitative estimate of drug-likeness (QED) is 0.846. The van der Waals surface area contributed by atoms with Crippen molar-refractivity contribution in [2.24, 2.45) is 0 Å². The maximum absolute atomic E-state index is 12.5. The number of benzene rings is 2. The van der Waals surface area contributed by atoms with Gasteiger partial charge in [0.25, 0.3) is 11.8 Å². The Morgan fingerprint density at radius 3 is 2.56 bits per heavy atom. The lowest BCUT2D eigenvalue weighted by molar-refractivity contribution is -0.122. The molecule has 0 spiro atoms. The Hall–Kier alpha value is -2.82. The fourth-order valence-electron chi connectivity index (χ4n) is 2.36. The Kier molecular flexibility index (Phi) is 6.17. The molecule has 0 aliphatic rings. The molecule has 0 heterocycles. The van der Waals surface area contributed by atoms with Crippen molar-refractivity contribution >= 4 is 17.5 Å². The molecule has 1 atom stereocenters. The number of nitrogens with one attached hydrogen (secondary N) is 2. The van der Waals surface area contributed by atoms with E-state index in [1.54, 1.807) is 31.2 Å². The Bertz CT molecular complexity index is 771. The fraction of sp³-hybridized carbons (Fsp3) is 0.300. The summed E-state index contributed by atoms with van der Waals surface area (Å²) in [6.45, 7) is 7.96. The Labute approximate surface area is 148 Å². The van der Waals surface area contributed by atoms with Crippen molar-refractivity contribution in [3.63, 3.8) is 0 Å². The summed E-state index contributed by atoms with van der Waals surface area (Å²) in [5, 5.41) is 5.52. The molecule has 0 aliphatic heterocycles. The lowest BCUT2D eigenvalue weighted by Crippen LogP contribution is -2.32. The highest BCUT2D eigenvalue weighted by atomic mass is 16.5. The molecule has 0 aromatic heterocycles. The van der Waals surface area contributed by atoms with Crippen molar-refractivity contribution in [2.75, 3.05) is 11.9 Å². The van der Waals surface area contributed by atoms with Crippen molar-refractivity contribution in [2.45, 2.75) is 33.8 Å². The third kappa shape index (κ3) is 4.83. The summed E-state index contributed by atoms with van der Waals surface area (Å²) in [5.74, 6) is 0.152. The van der Waals surface area contributed by atoms with E-state index in [1.165, 1.54) is 0 Å². The molecule has 0 aliphatic carbocycles. The molecule has 132 valence electrons. The van der Waals surface area contributed by atoms with Crippen molar-refractivity contribution in [1.82, 2.24) is 5.32 Å². The van der Waals surface area contributed by atoms with Gasteiger partial charge in [-0.15, -0.1) is 0 Å². The number of carbonyl (C=O) groups is 2. The zero-order chi connectivity index (χ0) is 18.4. The van der Waals surface area contributed by atoms with Crippen LogP contribution in [0.25, 0.3) is 0 Å². The van der Waals surface area contributed by atoms with Gasteiger partial charge in [0.1, 0.15) is 5.75 Å². The van der Waals surface area contributed by atoms with E-state index in [0.29, 0.717) is 23.5 Å². The van der Waals surface area contributed by atoms with Gasteiger partial charge >= 0.3 is 0 Å². The summed E-state index contributed by atoms with van der Waals surface area (Å²) in [6.07, 6.45) is -0.692. The van der Waals surface area contributed by atoms with Crippen molar-refractivity contribution in [3.05, 3.63) is 59.2 Å². The third-order valence-corrected chi connectivity index (χ3v) is 3.78. The highest BCUT2D eigenvalue weighted by molar-refractivity contribution is 6.04. The van der Waals surface area contributed by atoms with Crippen LogP contribution < -0.4 is 15.4 Å². The van der Waals surface area contributed by atoms with Crippen LogP contribution in [0.15, 0.2) is 42.5 Å². The molecule has 5 heteroatoms. The van der Waals surface area contributed by atoms with E-state index in [2.05, 4.69) is 10.6 Å². The Balaban J connectivity index is 2.11. The van der Waals surface area contributed by atoms with Gasteiger partial charge in [0.2, 0.25) is 0 Å². The van der Waals surface area contributed by atoms with Gasteiger partial charge in [-0.05, 0) is 57.0 Å². The summed E-state index contributed by atoms with van der Waals surface area (Å²) in [6, 6.07) is 12.8. The lowest BCUT2D eigenvalue weighted by Gasteiger charge is -2.18. The molecule has 0 saturated heterocycles. The minimum Gasteiger partial charge on any atom is -0.481 e. The largest absolute Gasteiger partial charge is 0.481 e. The molecule has 0 bridgehead atoms. The number of hydrogen-bond donors (Lipinski definition) is 2. The average Bonchev–Trinajstić information content (AvgIpc) is 2.58. The van der Waals surface area contributed by atoms with E-state index in [4.69, 9.17) is 4.74 Å². The van der Waals surface area contributed by atoms with Gasteiger partial charge in [0.15, 0.2) is 6.10 Å². The van der Waals surface area contributed by atoms with Crippen LogP contribution in [-0.4, -0.2) is 24.5 Å². The van der Waals surface area contributed by atoms with Crippen molar-refractivity contribution in [1.29, 1.82) is 0 Å². The first-order valence-corrected chi connectivity index (χ1v) is 8.34. The van der Waals surface area contributed by atoms with Gasteiger partial charge in [0, 0.05) is 6.54 Å². The maximum Gasteiger partial charge on any atom is 0.265 e. The number of anilines is 1. The van der Waals surface area contributed by atoms with E-state index in [0.717, 1.165) is 11.1 Å². The summed E-state index contributed by atoms with van der Waals surface area (Å²) in [4.78, 5) is 24.6. The van der Waals surface area contributed by atoms with Gasteiger partial charge in [-0.25, -0.2) is 0 Å². The van der Waals surface area contributed by atoms with Gasteiger partial charge in [-0.1, -0.05) is 24.3 Å². The summed E-state index contributed by atoms with van der Waals surface area (Å²) in [7, 11) is 0. The average molecular weight is 340 g/mol. The number of hydrogen-bond acceptors (Lipinski definition) is 3. The second-order valence-electron chi connectivity index (χ2n) is 5.92. The molecular weight excluding hydrogens is 316 g/mol. The molecule has 5 nitrogen and oxygen atoms in total. The number of aryl methyl sites for hydroxylation is 2. The van der Waals surface area contributed by atoms with E-state index in [1.807, 2.05) is 39.0 Å².